The number of nitrogens with two attached hydrogens (primary N) is 1. The van der Waals surface area contributed by atoms with E-state index >= 15 is 0 Å². The van der Waals surface area contributed by atoms with E-state index in [1.165, 1.54) is 0 Å². The van der Waals surface area contributed by atoms with E-state index < -0.39 is 0 Å². The molecular weight excluding hydrogens is 254 g/mol. The van der Waals surface area contributed by atoms with Crippen molar-refractivity contribution in [2.45, 2.75) is 12.6 Å². The minimum Gasteiger partial charge on any atom is -0.398 e. The van der Waals surface area contributed by atoms with Crippen molar-refractivity contribution in [1.82, 2.24) is 19.4 Å². The summed E-state index contributed by atoms with van der Waals surface area (Å²) in [6, 6.07) is 1.80. The second kappa shape index (κ2) is 5.60. The summed E-state index contributed by atoms with van der Waals surface area (Å²) in [6.45, 7) is 3.47. The van der Waals surface area contributed by atoms with Gasteiger partial charge in [-0.3, -0.25) is 4.98 Å². The van der Waals surface area contributed by atoms with Crippen molar-refractivity contribution in [3.05, 3.63) is 31.0 Å². The van der Waals surface area contributed by atoms with E-state index in [0.29, 0.717) is 5.69 Å². The molecule has 1 unspecified atom stereocenters. The number of ether oxygens (including phenoxy) is 1. The predicted octanol–water partition coefficient (Wildman–Crippen LogP) is 0.858. The summed E-state index contributed by atoms with van der Waals surface area (Å²) < 4.78 is 7.89. The summed E-state index contributed by atoms with van der Waals surface area (Å²) in [5, 5.41) is 0. The fourth-order valence-corrected chi connectivity index (χ4v) is 2.51. The van der Waals surface area contributed by atoms with E-state index in [2.05, 4.69) is 26.5 Å². The lowest BCUT2D eigenvalue weighted by atomic mass is 10.2. The van der Waals surface area contributed by atoms with Crippen LogP contribution in [0.4, 0.5) is 5.69 Å². The Kier molecular flexibility index (Phi) is 3.66. The van der Waals surface area contributed by atoms with Crippen molar-refractivity contribution in [1.29, 1.82) is 0 Å². The van der Waals surface area contributed by atoms with Crippen LogP contribution >= 0.6 is 0 Å². The molecule has 3 heterocycles. The van der Waals surface area contributed by atoms with Gasteiger partial charge in [0.25, 0.3) is 0 Å². The van der Waals surface area contributed by atoms with Gasteiger partial charge in [0.05, 0.1) is 37.5 Å². The fourth-order valence-electron chi connectivity index (χ4n) is 2.51. The van der Waals surface area contributed by atoms with Gasteiger partial charge in [-0.2, -0.15) is 0 Å². The summed E-state index contributed by atoms with van der Waals surface area (Å²) in [7, 11) is 2.11. The number of hydrogen-bond donors (Lipinski definition) is 1. The molecule has 1 saturated heterocycles. The SMILES string of the molecule is CN1CCOC(Cn2cncc2-c2cnccc2N)C1. The highest BCUT2D eigenvalue weighted by Gasteiger charge is 2.19. The van der Waals surface area contributed by atoms with Crippen LogP contribution in [0.2, 0.25) is 0 Å². The molecule has 106 valence electrons. The molecule has 6 heteroatoms. The fraction of sp³-hybridized carbons (Fsp3) is 0.429. The molecule has 0 aromatic carbocycles. The Morgan fingerprint density at radius 3 is 3.10 bits per heavy atom. The topological polar surface area (TPSA) is 69.2 Å². The normalized spacial score (nSPS) is 20.1. The molecule has 2 N–H and O–H groups in total. The zero-order valence-corrected chi connectivity index (χ0v) is 11.6. The summed E-state index contributed by atoms with van der Waals surface area (Å²) in [4.78, 5) is 10.7. The summed E-state index contributed by atoms with van der Waals surface area (Å²) in [5.41, 5.74) is 8.62. The molecule has 1 atom stereocenters. The van der Waals surface area contributed by atoms with E-state index in [4.69, 9.17) is 10.5 Å². The lowest BCUT2D eigenvalue weighted by Crippen LogP contribution is -2.41. The van der Waals surface area contributed by atoms with Gasteiger partial charge in [0.1, 0.15) is 0 Å². The Morgan fingerprint density at radius 2 is 2.30 bits per heavy atom. The van der Waals surface area contributed by atoms with Gasteiger partial charge in [-0.05, 0) is 13.1 Å². The number of rotatable bonds is 3. The number of nitrogen functional groups attached to an aromatic ring is 1. The molecule has 0 radical (unpaired) electrons. The van der Waals surface area contributed by atoms with Gasteiger partial charge in [-0.1, -0.05) is 0 Å². The van der Waals surface area contributed by atoms with Crippen molar-refractivity contribution >= 4 is 5.69 Å². The molecule has 2 aromatic heterocycles. The van der Waals surface area contributed by atoms with Crippen LogP contribution in [0.1, 0.15) is 0 Å². The highest BCUT2D eigenvalue weighted by atomic mass is 16.5. The Labute approximate surface area is 118 Å². The second-order valence-electron chi connectivity index (χ2n) is 5.15. The quantitative estimate of drug-likeness (QED) is 0.898. The molecule has 1 aliphatic rings. The standard InChI is InChI=1S/C14H19N5O/c1-18-4-5-20-11(8-18)9-19-10-17-7-14(19)12-6-16-3-2-13(12)15/h2-3,6-7,10-11H,4-5,8-9H2,1H3,(H2,15,16). The summed E-state index contributed by atoms with van der Waals surface area (Å²) in [5.74, 6) is 0. The Hall–Kier alpha value is -1.92. The maximum Gasteiger partial charge on any atom is 0.0951 e. The molecule has 20 heavy (non-hydrogen) atoms. The number of pyridine rings is 1. The van der Waals surface area contributed by atoms with E-state index in [1.807, 2.05) is 12.5 Å². The first-order chi connectivity index (χ1) is 9.74. The third-order valence-corrected chi connectivity index (χ3v) is 3.59. The van der Waals surface area contributed by atoms with Crippen LogP contribution < -0.4 is 5.73 Å². The zero-order chi connectivity index (χ0) is 13.9. The van der Waals surface area contributed by atoms with Gasteiger partial charge in [-0.25, -0.2) is 4.98 Å². The second-order valence-corrected chi connectivity index (χ2v) is 5.15. The van der Waals surface area contributed by atoms with Crippen LogP contribution in [-0.2, 0) is 11.3 Å². The Morgan fingerprint density at radius 1 is 1.40 bits per heavy atom. The maximum atomic E-state index is 6.02. The van der Waals surface area contributed by atoms with E-state index in [9.17, 15) is 0 Å². The van der Waals surface area contributed by atoms with Gasteiger partial charge < -0.3 is 19.9 Å². The molecule has 3 rings (SSSR count). The number of nitrogens with zero attached hydrogens (tertiary/aromatic N) is 4. The third kappa shape index (κ3) is 2.66. The van der Waals surface area contributed by atoms with Crippen LogP contribution in [0.15, 0.2) is 31.0 Å². The van der Waals surface area contributed by atoms with Gasteiger partial charge in [0.15, 0.2) is 0 Å². The van der Waals surface area contributed by atoms with Crippen molar-refractivity contribution in [3.8, 4) is 11.3 Å². The largest absolute Gasteiger partial charge is 0.398 e. The number of aromatic nitrogens is 3. The minimum atomic E-state index is 0.180. The molecular formula is C14H19N5O. The number of likely N-dealkylation sites (N-methyl/N-ethyl adjacent to an activating group) is 1. The van der Waals surface area contributed by atoms with Crippen LogP contribution in [0.3, 0.4) is 0 Å². The average Bonchev–Trinajstić information content (AvgIpc) is 2.87. The first-order valence-corrected chi connectivity index (χ1v) is 6.74. The number of anilines is 1. The Bertz CT molecular complexity index is 582. The highest BCUT2D eigenvalue weighted by molar-refractivity contribution is 5.72. The minimum absolute atomic E-state index is 0.180. The molecule has 0 spiro atoms. The molecule has 0 aliphatic carbocycles. The maximum absolute atomic E-state index is 6.02. The first-order valence-electron chi connectivity index (χ1n) is 6.74. The van der Waals surface area contributed by atoms with E-state index in [-0.39, 0.29) is 6.10 Å². The Balaban J connectivity index is 1.82. The van der Waals surface area contributed by atoms with Crippen LogP contribution in [0.25, 0.3) is 11.3 Å². The van der Waals surface area contributed by atoms with Gasteiger partial charge in [0, 0.05) is 36.7 Å². The van der Waals surface area contributed by atoms with E-state index in [1.54, 1.807) is 18.5 Å². The molecule has 0 saturated carbocycles. The highest BCUT2D eigenvalue weighted by Crippen LogP contribution is 2.24. The molecule has 1 fully saturated rings. The molecule has 2 aromatic rings. The average molecular weight is 273 g/mol. The van der Waals surface area contributed by atoms with Crippen LogP contribution in [0, 0.1) is 0 Å². The molecule has 6 nitrogen and oxygen atoms in total. The van der Waals surface area contributed by atoms with Crippen molar-refractivity contribution in [2.24, 2.45) is 0 Å². The van der Waals surface area contributed by atoms with Crippen molar-refractivity contribution < 1.29 is 4.74 Å². The first kappa shape index (κ1) is 13.1. The smallest absolute Gasteiger partial charge is 0.0951 e. The predicted molar refractivity (Wildman–Crippen MR) is 77.1 cm³/mol. The number of hydrogen-bond acceptors (Lipinski definition) is 5. The van der Waals surface area contributed by atoms with Gasteiger partial charge in [-0.15, -0.1) is 0 Å². The molecule has 1 aliphatic heterocycles. The van der Waals surface area contributed by atoms with Crippen molar-refractivity contribution in [2.75, 3.05) is 32.5 Å². The lowest BCUT2D eigenvalue weighted by Gasteiger charge is -2.30. The molecule has 0 bridgehead atoms. The van der Waals surface area contributed by atoms with Crippen molar-refractivity contribution in [3.63, 3.8) is 0 Å². The van der Waals surface area contributed by atoms with E-state index in [0.717, 1.165) is 37.5 Å². The monoisotopic (exact) mass is 273 g/mol. The number of imidazole rings is 1. The van der Waals surface area contributed by atoms with Gasteiger partial charge in [0.2, 0.25) is 0 Å². The lowest BCUT2D eigenvalue weighted by molar-refractivity contribution is -0.0272. The van der Waals surface area contributed by atoms with Gasteiger partial charge >= 0.3 is 0 Å². The number of morpholine rings is 1. The molecule has 0 amide bonds. The summed E-state index contributed by atoms with van der Waals surface area (Å²) in [6.07, 6.45) is 7.29. The third-order valence-electron chi connectivity index (χ3n) is 3.59. The van der Waals surface area contributed by atoms with Crippen LogP contribution in [-0.4, -0.2) is 52.3 Å². The zero-order valence-electron chi connectivity index (χ0n) is 11.6. The summed E-state index contributed by atoms with van der Waals surface area (Å²) >= 11 is 0. The van der Waals surface area contributed by atoms with Crippen LogP contribution in [0.5, 0.6) is 0 Å².